The van der Waals surface area contributed by atoms with E-state index in [0.717, 1.165) is 65.6 Å². The van der Waals surface area contributed by atoms with Gasteiger partial charge >= 0.3 is 0 Å². The molecule has 0 saturated heterocycles. The van der Waals surface area contributed by atoms with Gasteiger partial charge in [-0.2, -0.15) is 0 Å². The third kappa shape index (κ3) is 3.29. The second kappa shape index (κ2) is 8.79. The number of nitrogens with zero attached hydrogens (tertiary/aromatic N) is 3. The Morgan fingerprint density at radius 2 is 0.690 bits per heavy atom. The van der Waals surface area contributed by atoms with Gasteiger partial charge in [-0.3, -0.25) is 14.4 Å². The van der Waals surface area contributed by atoms with Gasteiger partial charge in [0, 0.05) is 68.1 Å². The lowest BCUT2D eigenvalue weighted by atomic mass is 9.83. The predicted octanol–water partition coefficient (Wildman–Crippen LogP) is 7.30. The number of rotatable bonds is 6. The first kappa shape index (κ1) is 26.9. The van der Waals surface area contributed by atoms with E-state index in [1.54, 1.807) is 0 Å². The topological polar surface area (TPSA) is 66.0 Å². The molecule has 3 heterocycles. The quantitative estimate of drug-likeness (QED) is 0.158. The summed E-state index contributed by atoms with van der Waals surface area (Å²) in [6, 6.07) is 5.97. The fraction of sp³-hybridized carbons (Fsp3) is 0.417. The molecular weight excluding hydrogens is 522 g/mol. The molecule has 4 aromatic carbocycles. The zero-order valence-corrected chi connectivity index (χ0v) is 26.2. The van der Waals surface area contributed by atoms with Crippen LogP contribution < -0.4 is 16.7 Å². The van der Waals surface area contributed by atoms with Gasteiger partial charge in [0.1, 0.15) is 0 Å². The van der Waals surface area contributed by atoms with Crippen molar-refractivity contribution in [2.24, 2.45) is 17.8 Å². The molecule has 0 aliphatic rings. The number of aromatic nitrogens is 3. The fourth-order valence-electron chi connectivity index (χ4n) is 7.84. The Kier molecular flexibility index (Phi) is 5.64. The molecule has 0 radical (unpaired) electrons. The minimum atomic E-state index is -0.00614. The van der Waals surface area contributed by atoms with E-state index in [4.69, 9.17) is 0 Å². The number of hydrogen-bond acceptors (Lipinski definition) is 3. The van der Waals surface area contributed by atoms with Crippen LogP contribution >= 0.6 is 0 Å². The summed E-state index contributed by atoms with van der Waals surface area (Å²) in [5.74, 6) is 0.790. The van der Waals surface area contributed by atoms with Crippen molar-refractivity contribution in [1.82, 2.24) is 13.7 Å². The van der Waals surface area contributed by atoms with Crippen molar-refractivity contribution < 1.29 is 0 Å². The van der Waals surface area contributed by atoms with Crippen LogP contribution in [0, 0.1) is 38.5 Å². The Morgan fingerprint density at radius 3 is 0.905 bits per heavy atom. The number of benzene rings is 4. The van der Waals surface area contributed by atoms with Crippen LogP contribution in [0.4, 0.5) is 0 Å². The first-order valence-electron chi connectivity index (χ1n) is 15.3. The first-order valence-corrected chi connectivity index (χ1v) is 15.3. The molecule has 0 amide bonds. The first-order chi connectivity index (χ1) is 19.8. The second-order valence-corrected chi connectivity index (χ2v) is 13.9. The third-order valence-corrected chi connectivity index (χ3v) is 9.10. The van der Waals surface area contributed by atoms with E-state index in [1.165, 1.54) is 0 Å². The minimum Gasteiger partial charge on any atom is -0.307 e. The Balaban J connectivity index is 1.96. The van der Waals surface area contributed by atoms with Gasteiger partial charge in [-0.25, -0.2) is 0 Å². The lowest BCUT2D eigenvalue weighted by molar-refractivity contribution is 0.524. The van der Waals surface area contributed by atoms with Crippen LogP contribution in [0.3, 0.4) is 0 Å². The monoisotopic (exact) mass is 561 g/mol. The Morgan fingerprint density at radius 1 is 0.452 bits per heavy atom. The van der Waals surface area contributed by atoms with E-state index in [1.807, 2.05) is 52.7 Å². The molecule has 0 saturated carbocycles. The summed E-state index contributed by atoms with van der Waals surface area (Å²) in [5.41, 5.74) is 5.49. The van der Waals surface area contributed by atoms with Gasteiger partial charge in [-0.05, 0) is 73.4 Å². The van der Waals surface area contributed by atoms with Crippen molar-refractivity contribution in [2.75, 3.05) is 0 Å². The van der Waals surface area contributed by atoms with Crippen LogP contribution in [0.2, 0.25) is 0 Å². The molecule has 0 unspecified atom stereocenters. The molecule has 0 aliphatic heterocycles. The maximum Gasteiger partial charge on any atom is 0.258 e. The van der Waals surface area contributed by atoms with Gasteiger partial charge in [0.15, 0.2) is 0 Å². The lowest BCUT2D eigenvalue weighted by Gasteiger charge is -2.28. The molecule has 0 spiro atoms. The molecule has 42 heavy (non-hydrogen) atoms. The highest BCUT2D eigenvalue weighted by Gasteiger charge is 2.30. The average Bonchev–Trinajstić information content (AvgIpc) is 2.89. The van der Waals surface area contributed by atoms with Crippen molar-refractivity contribution in [3.63, 3.8) is 0 Å². The minimum absolute atomic E-state index is 0.00614. The van der Waals surface area contributed by atoms with Crippen LogP contribution in [-0.2, 0) is 19.6 Å². The Hall–Kier alpha value is -3.93. The van der Waals surface area contributed by atoms with Gasteiger partial charge in [0.05, 0.1) is 16.6 Å². The van der Waals surface area contributed by atoms with E-state index in [9.17, 15) is 14.4 Å². The molecule has 7 aromatic rings. The van der Waals surface area contributed by atoms with Crippen molar-refractivity contribution >= 4 is 65.0 Å². The summed E-state index contributed by atoms with van der Waals surface area (Å²) in [5, 5.41) is 7.64. The highest BCUT2D eigenvalue weighted by molar-refractivity contribution is 6.44. The van der Waals surface area contributed by atoms with E-state index < -0.39 is 0 Å². The molecule has 3 aromatic heterocycles. The maximum atomic E-state index is 14.4. The van der Waals surface area contributed by atoms with Gasteiger partial charge in [-0.1, -0.05) is 41.5 Å². The largest absolute Gasteiger partial charge is 0.307 e. The standard InChI is InChI=1S/C36H39N3O3/c1-16(2)13-37-31-19(7)10-23-26-28(31)25-22(34(37)40)11-20(8)32-29(25)27-24(36(42)38(32)14-17(3)4)12-21(9)33(30(26)27)39(35(23)41)15-18(5)6/h10-12,16-18H,13-15H2,1-9H3. The summed E-state index contributed by atoms with van der Waals surface area (Å²) in [4.78, 5) is 43.2. The third-order valence-electron chi connectivity index (χ3n) is 9.10. The van der Waals surface area contributed by atoms with Gasteiger partial charge < -0.3 is 13.7 Å². The molecule has 7 rings (SSSR count). The van der Waals surface area contributed by atoms with E-state index in [2.05, 4.69) is 41.5 Å². The van der Waals surface area contributed by atoms with Crippen molar-refractivity contribution in [3.8, 4) is 0 Å². The van der Waals surface area contributed by atoms with Crippen LogP contribution in [-0.4, -0.2) is 13.7 Å². The molecule has 0 bridgehead atoms. The maximum absolute atomic E-state index is 14.4. The normalized spacial score (nSPS) is 13.1. The SMILES string of the molecule is Cc1cc2c(=O)n(CC(C)C)c3c(C)cc4c(=O)n(CC(C)C)c5c(C)cc6c(=O)n(CC(C)C)c1c1c2c3c4c5c61. The van der Waals surface area contributed by atoms with Crippen molar-refractivity contribution in [3.05, 3.63) is 66.0 Å². The fourth-order valence-corrected chi connectivity index (χ4v) is 7.84. The van der Waals surface area contributed by atoms with Gasteiger partial charge in [0.2, 0.25) is 0 Å². The summed E-state index contributed by atoms with van der Waals surface area (Å²) in [7, 11) is 0. The number of aryl methyl sites for hydroxylation is 3. The zero-order valence-electron chi connectivity index (χ0n) is 26.2. The summed E-state index contributed by atoms with van der Waals surface area (Å²) >= 11 is 0. The van der Waals surface area contributed by atoms with Gasteiger partial charge in [0.25, 0.3) is 16.7 Å². The molecule has 6 nitrogen and oxygen atoms in total. The molecule has 0 atom stereocenters. The van der Waals surface area contributed by atoms with Crippen LogP contribution in [0.5, 0.6) is 0 Å². The number of pyridine rings is 3. The van der Waals surface area contributed by atoms with E-state index >= 15 is 0 Å². The molecular formula is C36H39N3O3. The predicted molar refractivity (Wildman–Crippen MR) is 177 cm³/mol. The molecule has 216 valence electrons. The number of hydrogen-bond donors (Lipinski definition) is 0. The zero-order chi connectivity index (χ0) is 30.1. The highest BCUT2D eigenvalue weighted by atomic mass is 16.1. The van der Waals surface area contributed by atoms with E-state index in [0.29, 0.717) is 35.8 Å². The molecule has 0 N–H and O–H groups in total. The lowest BCUT2D eigenvalue weighted by Crippen LogP contribution is -2.29. The van der Waals surface area contributed by atoms with Crippen LogP contribution in [0.1, 0.15) is 58.2 Å². The molecule has 6 heteroatoms. The Bertz CT molecular complexity index is 2100. The van der Waals surface area contributed by atoms with Crippen molar-refractivity contribution in [2.45, 2.75) is 81.9 Å². The average molecular weight is 562 g/mol. The summed E-state index contributed by atoms with van der Waals surface area (Å²) < 4.78 is 5.82. The molecule has 0 aliphatic carbocycles. The van der Waals surface area contributed by atoms with E-state index in [-0.39, 0.29) is 34.4 Å². The van der Waals surface area contributed by atoms with Crippen molar-refractivity contribution in [1.29, 1.82) is 0 Å². The Labute approximate surface area is 244 Å². The van der Waals surface area contributed by atoms with Crippen LogP contribution in [0.15, 0.2) is 32.6 Å². The van der Waals surface area contributed by atoms with Crippen LogP contribution in [0.25, 0.3) is 65.0 Å². The highest BCUT2D eigenvalue weighted by Crippen LogP contribution is 2.48. The summed E-state index contributed by atoms with van der Waals surface area (Å²) in [6.45, 7) is 20.6. The summed E-state index contributed by atoms with van der Waals surface area (Å²) in [6.07, 6.45) is 0. The molecule has 0 fully saturated rings. The second-order valence-electron chi connectivity index (χ2n) is 13.9. The smallest absolute Gasteiger partial charge is 0.258 e. The van der Waals surface area contributed by atoms with Gasteiger partial charge in [-0.15, -0.1) is 0 Å².